The fourth-order valence-electron chi connectivity index (χ4n) is 2.08. The summed E-state index contributed by atoms with van der Waals surface area (Å²) < 4.78 is 13.2. The highest BCUT2D eigenvalue weighted by Crippen LogP contribution is 2.40. The van der Waals surface area contributed by atoms with Crippen molar-refractivity contribution in [3.8, 4) is 0 Å². The molecular formula is C15H16ClFN4. The zero-order valence-electron chi connectivity index (χ0n) is 11.7. The van der Waals surface area contributed by atoms with E-state index in [9.17, 15) is 4.39 Å². The largest absolute Gasteiger partial charge is 0.354 e. The number of hydrogen-bond donors (Lipinski definition) is 2. The molecule has 2 aromatic rings. The summed E-state index contributed by atoms with van der Waals surface area (Å²) in [5.74, 6) is 1.39. The molecule has 0 unspecified atom stereocenters. The Morgan fingerprint density at radius 1 is 1.29 bits per heavy atom. The van der Waals surface area contributed by atoms with Crippen LogP contribution in [0.4, 0.5) is 21.8 Å². The van der Waals surface area contributed by atoms with Gasteiger partial charge in [0.15, 0.2) is 0 Å². The van der Waals surface area contributed by atoms with Gasteiger partial charge in [-0.05, 0) is 38.0 Å². The first-order valence-electron chi connectivity index (χ1n) is 7.00. The Hall–Kier alpha value is -1.88. The summed E-state index contributed by atoms with van der Waals surface area (Å²) in [6, 6.07) is 6.45. The SMILES string of the molecule is CCNc1nc(Nc2ccc(F)c(Cl)c2)cc(C2CC2)n1. The van der Waals surface area contributed by atoms with Crippen molar-refractivity contribution in [2.24, 2.45) is 0 Å². The number of nitrogens with zero attached hydrogens (tertiary/aromatic N) is 2. The van der Waals surface area contributed by atoms with Gasteiger partial charge in [0.2, 0.25) is 5.95 Å². The van der Waals surface area contributed by atoms with Crippen molar-refractivity contribution in [1.29, 1.82) is 0 Å². The Bertz CT molecular complexity index is 658. The van der Waals surface area contributed by atoms with E-state index in [0.29, 0.717) is 23.4 Å². The molecule has 0 radical (unpaired) electrons. The van der Waals surface area contributed by atoms with E-state index in [1.165, 1.54) is 18.9 Å². The summed E-state index contributed by atoms with van der Waals surface area (Å²) in [6.07, 6.45) is 2.34. The van der Waals surface area contributed by atoms with E-state index in [0.717, 1.165) is 12.2 Å². The lowest BCUT2D eigenvalue weighted by Crippen LogP contribution is -2.06. The van der Waals surface area contributed by atoms with Gasteiger partial charge in [0.1, 0.15) is 11.6 Å². The third-order valence-corrected chi connectivity index (χ3v) is 3.56. The molecule has 1 aliphatic rings. The van der Waals surface area contributed by atoms with Gasteiger partial charge in [0, 0.05) is 24.2 Å². The maximum Gasteiger partial charge on any atom is 0.224 e. The second-order valence-corrected chi connectivity index (χ2v) is 5.47. The molecule has 3 rings (SSSR count). The van der Waals surface area contributed by atoms with Crippen LogP contribution in [0.5, 0.6) is 0 Å². The van der Waals surface area contributed by atoms with Crippen LogP contribution in [0.15, 0.2) is 24.3 Å². The van der Waals surface area contributed by atoms with Crippen LogP contribution in [0.25, 0.3) is 0 Å². The molecule has 4 nitrogen and oxygen atoms in total. The van der Waals surface area contributed by atoms with Gasteiger partial charge < -0.3 is 10.6 Å². The lowest BCUT2D eigenvalue weighted by molar-refractivity contribution is 0.628. The summed E-state index contributed by atoms with van der Waals surface area (Å²) >= 11 is 5.79. The van der Waals surface area contributed by atoms with E-state index in [1.54, 1.807) is 12.1 Å². The number of rotatable bonds is 5. The Balaban J connectivity index is 1.87. The quantitative estimate of drug-likeness (QED) is 0.863. The summed E-state index contributed by atoms with van der Waals surface area (Å²) in [6.45, 7) is 2.76. The molecule has 21 heavy (non-hydrogen) atoms. The van der Waals surface area contributed by atoms with Crippen LogP contribution in [0.2, 0.25) is 5.02 Å². The molecule has 0 bridgehead atoms. The lowest BCUT2D eigenvalue weighted by Gasteiger charge is -2.10. The number of anilines is 3. The van der Waals surface area contributed by atoms with Crippen molar-refractivity contribution in [2.45, 2.75) is 25.7 Å². The summed E-state index contributed by atoms with van der Waals surface area (Å²) in [7, 11) is 0. The molecule has 1 fully saturated rings. The molecule has 1 saturated carbocycles. The van der Waals surface area contributed by atoms with Gasteiger partial charge in [0.05, 0.1) is 10.7 Å². The number of aromatic nitrogens is 2. The fraction of sp³-hybridized carbons (Fsp3) is 0.333. The zero-order chi connectivity index (χ0) is 14.8. The standard InChI is InChI=1S/C15H16ClFN4/c1-2-18-15-20-13(9-3-4-9)8-14(21-15)19-10-5-6-12(17)11(16)7-10/h5-9H,2-4H2,1H3,(H2,18,19,20,21). The molecular weight excluding hydrogens is 291 g/mol. The normalized spacial score (nSPS) is 14.0. The fourth-order valence-corrected chi connectivity index (χ4v) is 2.26. The summed E-state index contributed by atoms with van der Waals surface area (Å²) in [4.78, 5) is 8.92. The van der Waals surface area contributed by atoms with Gasteiger partial charge in [-0.25, -0.2) is 9.37 Å². The van der Waals surface area contributed by atoms with E-state index in [4.69, 9.17) is 11.6 Å². The van der Waals surface area contributed by atoms with E-state index >= 15 is 0 Å². The predicted molar refractivity (Wildman–Crippen MR) is 82.9 cm³/mol. The summed E-state index contributed by atoms with van der Waals surface area (Å²) in [5, 5.41) is 6.37. The van der Waals surface area contributed by atoms with E-state index in [1.807, 2.05) is 13.0 Å². The molecule has 6 heteroatoms. The molecule has 1 aromatic heterocycles. The third kappa shape index (κ3) is 3.42. The van der Waals surface area contributed by atoms with E-state index < -0.39 is 5.82 Å². The average Bonchev–Trinajstić information content (AvgIpc) is 3.28. The minimum absolute atomic E-state index is 0.0865. The molecule has 0 spiro atoms. The molecule has 0 aliphatic heterocycles. The number of nitrogens with one attached hydrogen (secondary N) is 2. The highest BCUT2D eigenvalue weighted by atomic mass is 35.5. The third-order valence-electron chi connectivity index (χ3n) is 3.27. The van der Waals surface area contributed by atoms with Gasteiger partial charge in [-0.15, -0.1) is 0 Å². The van der Waals surface area contributed by atoms with Gasteiger partial charge >= 0.3 is 0 Å². The molecule has 2 N–H and O–H groups in total. The molecule has 0 amide bonds. The Kier molecular flexibility index (Phi) is 3.92. The number of benzene rings is 1. The Morgan fingerprint density at radius 3 is 2.76 bits per heavy atom. The number of hydrogen-bond acceptors (Lipinski definition) is 4. The minimum Gasteiger partial charge on any atom is -0.354 e. The van der Waals surface area contributed by atoms with Crippen molar-refractivity contribution in [3.05, 3.63) is 40.8 Å². The summed E-state index contributed by atoms with van der Waals surface area (Å²) in [5.41, 5.74) is 1.74. The van der Waals surface area contributed by atoms with Crippen LogP contribution in [-0.4, -0.2) is 16.5 Å². The lowest BCUT2D eigenvalue weighted by atomic mass is 10.2. The van der Waals surface area contributed by atoms with Crippen molar-refractivity contribution >= 4 is 29.1 Å². The van der Waals surface area contributed by atoms with Crippen LogP contribution >= 0.6 is 11.6 Å². The molecule has 0 atom stereocenters. The van der Waals surface area contributed by atoms with Crippen molar-refractivity contribution in [3.63, 3.8) is 0 Å². The maximum atomic E-state index is 13.2. The molecule has 110 valence electrons. The first-order valence-corrected chi connectivity index (χ1v) is 7.38. The van der Waals surface area contributed by atoms with Crippen molar-refractivity contribution in [2.75, 3.05) is 17.2 Å². The highest BCUT2D eigenvalue weighted by Gasteiger charge is 2.26. The highest BCUT2D eigenvalue weighted by molar-refractivity contribution is 6.31. The minimum atomic E-state index is -0.433. The average molecular weight is 307 g/mol. The van der Waals surface area contributed by atoms with Gasteiger partial charge in [-0.1, -0.05) is 11.6 Å². The van der Waals surface area contributed by atoms with Crippen molar-refractivity contribution < 1.29 is 4.39 Å². The first-order chi connectivity index (χ1) is 10.2. The molecule has 0 saturated heterocycles. The number of halogens is 2. The zero-order valence-corrected chi connectivity index (χ0v) is 12.4. The van der Waals surface area contributed by atoms with Gasteiger partial charge in [-0.3, -0.25) is 0 Å². The van der Waals surface area contributed by atoms with Crippen LogP contribution in [0.1, 0.15) is 31.4 Å². The Labute approximate surface area is 127 Å². The first kappa shape index (κ1) is 14.1. The molecule has 1 heterocycles. The van der Waals surface area contributed by atoms with Crippen LogP contribution < -0.4 is 10.6 Å². The molecule has 1 aliphatic carbocycles. The van der Waals surface area contributed by atoms with E-state index in [2.05, 4.69) is 20.6 Å². The predicted octanol–water partition coefficient (Wildman–Crippen LogP) is 4.32. The van der Waals surface area contributed by atoms with E-state index in [-0.39, 0.29) is 5.02 Å². The molecule has 1 aromatic carbocycles. The van der Waals surface area contributed by atoms with Gasteiger partial charge in [-0.2, -0.15) is 4.98 Å². The Morgan fingerprint density at radius 2 is 2.10 bits per heavy atom. The smallest absolute Gasteiger partial charge is 0.224 e. The van der Waals surface area contributed by atoms with Crippen LogP contribution in [0.3, 0.4) is 0 Å². The monoisotopic (exact) mass is 306 g/mol. The second kappa shape index (κ2) is 5.85. The second-order valence-electron chi connectivity index (χ2n) is 5.06. The van der Waals surface area contributed by atoms with Crippen molar-refractivity contribution in [1.82, 2.24) is 9.97 Å². The maximum absolute atomic E-state index is 13.2. The van der Waals surface area contributed by atoms with Crippen LogP contribution in [-0.2, 0) is 0 Å². The topological polar surface area (TPSA) is 49.8 Å². The van der Waals surface area contributed by atoms with Gasteiger partial charge in [0.25, 0.3) is 0 Å². The van der Waals surface area contributed by atoms with Crippen LogP contribution in [0, 0.1) is 5.82 Å².